The van der Waals surface area contributed by atoms with Gasteiger partial charge >= 0.3 is 0 Å². The van der Waals surface area contributed by atoms with E-state index in [-0.39, 0.29) is 11.6 Å². The van der Waals surface area contributed by atoms with Gasteiger partial charge in [0.2, 0.25) is 0 Å². The van der Waals surface area contributed by atoms with E-state index in [0.717, 1.165) is 5.56 Å². The second-order valence-electron chi connectivity index (χ2n) is 4.44. The first-order valence-electron chi connectivity index (χ1n) is 6.33. The minimum absolute atomic E-state index is 0.0592. The van der Waals surface area contributed by atoms with E-state index in [2.05, 4.69) is 5.32 Å². The van der Waals surface area contributed by atoms with Crippen LogP contribution in [0.3, 0.4) is 0 Å². The van der Waals surface area contributed by atoms with Crippen molar-refractivity contribution in [3.8, 4) is 0 Å². The number of benzene rings is 2. The molecule has 6 heteroatoms. The van der Waals surface area contributed by atoms with Crippen molar-refractivity contribution in [2.75, 3.05) is 6.54 Å². The second kappa shape index (κ2) is 6.85. The minimum atomic E-state index is -0.438. The predicted octanol–water partition coefficient (Wildman–Crippen LogP) is 3.22. The van der Waals surface area contributed by atoms with Crippen LogP contribution in [-0.2, 0) is 6.42 Å². The van der Waals surface area contributed by atoms with E-state index < -0.39 is 4.92 Å². The van der Waals surface area contributed by atoms with Crippen LogP contribution >= 0.6 is 11.6 Å². The maximum absolute atomic E-state index is 11.8. The molecule has 2 rings (SSSR count). The van der Waals surface area contributed by atoms with Crippen LogP contribution < -0.4 is 5.32 Å². The summed E-state index contributed by atoms with van der Waals surface area (Å²) in [5, 5.41) is 13.9. The van der Waals surface area contributed by atoms with Gasteiger partial charge in [0.15, 0.2) is 0 Å². The van der Waals surface area contributed by atoms with E-state index >= 15 is 0 Å². The summed E-state index contributed by atoms with van der Waals surface area (Å²) < 4.78 is 0. The average molecular weight is 305 g/mol. The van der Waals surface area contributed by atoms with Gasteiger partial charge in [-0.25, -0.2) is 0 Å². The third-order valence-electron chi connectivity index (χ3n) is 2.95. The first-order valence-corrected chi connectivity index (χ1v) is 6.71. The Bertz CT molecular complexity index is 639. The van der Waals surface area contributed by atoms with E-state index in [0.29, 0.717) is 23.6 Å². The highest BCUT2D eigenvalue weighted by Gasteiger charge is 2.06. The maximum Gasteiger partial charge on any atom is 0.269 e. The fraction of sp³-hybridized carbons (Fsp3) is 0.133. The molecule has 0 unspecified atom stereocenters. The summed E-state index contributed by atoms with van der Waals surface area (Å²) >= 11 is 5.76. The second-order valence-corrected chi connectivity index (χ2v) is 4.87. The van der Waals surface area contributed by atoms with Crippen molar-refractivity contribution in [3.63, 3.8) is 0 Å². The molecule has 21 heavy (non-hydrogen) atoms. The number of carbonyl (C=O) groups excluding carboxylic acids is 1. The summed E-state index contributed by atoms with van der Waals surface area (Å²) in [5.74, 6) is -0.173. The summed E-state index contributed by atoms with van der Waals surface area (Å²) in [5.41, 5.74) is 1.53. The molecule has 0 saturated carbocycles. The van der Waals surface area contributed by atoms with Crippen LogP contribution in [-0.4, -0.2) is 17.4 Å². The fourth-order valence-corrected chi connectivity index (χ4v) is 1.93. The molecule has 1 amide bonds. The minimum Gasteiger partial charge on any atom is -0.352 e. The molecule has 0 aliphatic rings. The van der Waals surface area contributed by atoms with Crippen molar-refractivity contribution in [2.24, 2.45) is 0 Å². The molecule has 2 aromatic carbocycles. The highest BCUT2D eigenvalue weighted by molar-refractivity contribution is 6.30. The highest BCUT2D eigenvalue weighted by Crippen LogP contribution is 2.12. The molecule has 0 aromatic heterocycles. The lowest BCUT2D eigenvalue weighted by Crippen LogP contribution is -2.25. The van der Waals surface area contributed by atoms with E-state index in [4.69, 9.17) is 11.6 Å². The Morgan fingerprint density at radius 1 is 1.10 bits per heavy atom. The molecule has 0 aliphatic carbocycles. The smallest absolute Gasteiger partial charge is 0.269 e. The summed E-state index contributed by atoms with van der Waals surface area (Å²) in [4.78, 5) is 21.9. The van der Waals surface area contributed by atoms with Crippen molar-refractivity contribution in [1.82, 2.24) is 5.32 Å². The van der Waals surface area contributed by atoms with Crippen LogP contribution in [0.15, 0.2) is 48.5 Å². The van der Waals surface area contributed by atoms with Crippen molar-refractivity contribution in [1.29, 1.82) is 0 Å². The number of nitro benzene ring substituents is 1. The maximum atomic E-state index is 11.8. The number of nitro groups is 1. The molecule has 0 heterocycles. The molecule has 108 valence electrons. The monoisotopic (exact) mass is 304 g/mol. The molecule has 0 radical (unpaired) electrons. The Balaban J connectivity index is 1.85. The van der Waals surface area contributed by atoms with E-state index in [1.807, 2.05) is 0 Å². The van der Waals surface area contributed by atoms with Crippen LogP contribution in [0.1, 0.15) is 15.9 Å². The number of amides is 1. The van der Waals surface area contributed by atoms with Gasteiger partial charge in [0.1, 0.15) is 0 Å². The fourth-order valence-electron chi connectivity index (χ4n) is 1.81. The van der Waals surface area contributed by atoms with Gasteiger partial charge in [0.25, 0.3) is 11.6 Å². The summed E-state index contributed by atoms with van der Waals surface area (Å²) in [7, 11) is 0. The number of hydrogen-bond acceptors (Lipinski definition) is 3. The highest BCUT2D eigenvalue weighted by atomic mass is 35.5. The van der Waals surface area contributed by atoms with Gasteiger partial charge in [-0.1, -0.05) is 23.7 Å². The molecule has 5 nitrogen and oxygen atoms in total. The molecule has 0 bridgehead atoms. The summed E-state index contributed by atoms with van der Waals surface area (Å²) in [6.45, 7) is 0.458. The first-order chi connectivity index (χ1) is 10.1. The van der Waals surface area contributed by atoms with Crippen molar-refractivity contribution in [3.05, 3.63) is 74.8 Å². The molecule has 1 N–H and O–H groups in total. The molecule has 0 saturated heterocycles. The van der Waals surface area contributed by atoms with Gasteiger partial charge in [0, 0.05) is 29.3 Å². The molecular weight excluding hydrogens is 292 g/mol. The first kappa shape index (κ1) is 15.0. The number of rotatable bonds is 5. The van der Waals surface area contributed by atoms with E-state index in [1.54, 1.807) is 36.4 Å². The van der Waals surface area contributed by atoms with Gasteiger partial charge in [-0.15, -0.1) is 0 Å². The van der Waals surface area contributed by atoms with Gasteiger partial charge in [-0.05, 0) is 36.2 Å². The Morgan fingerprint density at radius 2 is 1.71 bits per heavy atom. The lowest BCUT2D eigenvalue weighted by molar-refractivity contribution is -0.384. The van der Waals surface area contributed by atoms with E-state index in [9.17, 15) is 14.9 Å². The Labute approximate surface area is 126 Å². The van der Waals surface area contributed by atoms with Gasteiger partial charge in [-0.2, -0.15) is 0 Å². The quantitative estimate of drug-likeness (QED) is 0.681. The molecule has 0 atom stereocenters. The summed E-state index contributed by atoms with van der Waals surface area (Å²) in [6, 6.07) is 12.9. The lowest BCUT2D eigenvalue weighted by Gasteiger charge is -2.05. The Kier molecular flexibility index (Phi) is 4.90. The third kappa shape index (κ3) is 4.29. The SMILES string of the molecule is O=C(NCCc1ccc([N+](=O)[O-])cc1)c1ccc(Cl)cc1. The van der Waals surface area contributed by atoms with E-state index in [1.165, 1.54) is 12.1 Å². The average Bonchev–Trinajstić information content (AvgIpc) is 2.48. The van der Waals surface area contributed by atoms with Crippen molar-refractivity contribution in [2.45, 2.75) is 6.42 Å². The molecule has 0 aliphatic heterocycles. The van der Waals surface area contributed by atoms with Crippen LogP contribution in [0.25, 0.3) is 0 Å². The number of nitrogens with one attached hydrogen (secondary N) is 1. The van der Waals surface area contributed by atoms with Crippen LogP contribution in [0, 0.1) is 10.1 Å². The number of nitrogens with zero attached hydrogens (tertiary/aromatic N) is 1. The Hall–Kier alpha value is -2.40. The van der Waals surface area contributed by atoms with Gasteiger partial charge < -0.3 is 5.32 Å². The molecule has 0 spiro atoms. The zero-order chi connectivity index (χ0) is 15.2. The number of halogens is 1. The van der Waals surface area contributed by atoms with Gasteiger partial charge in [0.05, 0.1) is 4.92 Å². The van der Waals surface area contributed by atoms with Crippen molar-refractivity contribution < 1.29 is 9.72 Å². The van der Waals surface area contributed by atoms with Crippen LogP contribution in [0.5, 0.6) is 0 Å². The normalized spacial score (nSPS) is 10.1. The predicted molar refractivity (Wildman–Crippen MR) is 80.6 cm³/mol. The Morgan fingerprint density at radius 3 is 2.29 bits per heavy atom. The van der Waals surface area contributed by atoms with Gasteiger partial charge in [-0.3, -0.25) is 14.9 Å². The third-order valence-corrected chi connectivity index (χ3v) is 3.20. The largest absolute Gasteiger partial charge is 0.352 e. The number of non-ortho nitro benzene ring substituents is 1. The molecule has 2 aromatic rings. The lowest BCUT2D eigenvalue weighted by atomic mass is 10.1. The number of carbonyl (C=O) groups is 1. The zero-order valence-corrected chi connectivity index (χ0v) is 11.8. The van der Waals surface area contributed by atoms with Crippen molar-refractivity contribution >= 4 is 23.2 Å². The van der Waals surface area contributed by atoms with Crippen LogP contribution in [0.4, 0.5) is 5.69 Å². The summed E-state index contributed by atoms with van der Waals surface area (Å²) in [6.07, 6.45) is 0.608. The van der Waals surface area contributed by atoms with Crippen LogP contribution in [0.2, 0.25) is 5.02 Å². The zero-order valence-electron chi connectivity index (χ0n) is 11.1. The number of hydrogen-bond donors (Lipinski definition) is 1. The standard InChI is InChI=1S/C15H13ClN2O3/c16-13-5-3-12(4-6-13)15(19)17-10-9-11-1-7-14(8-2-11)18(20)21/h1-8H,9-10H2,(H,17,19). The molecular formula is C15H13ClN2O3. The topological polar surface area (TPSA) is 72.2 Å². The molecule has 0 fully saturated rings.